The Morgan fingerprint density at radius 1 is 1.44 bits per heavy atom. The molecule has 2 saturated heterocycles. The van der Waals surface area contributed by atoms with Gasteiger partial charge in [-0.1, -0.05) is 0 Å². The van der Waals surface area contributed by atoms with Gasteiger partial charge in [-0.3, -0.25) is 4.79 Å². The van der Waals surface area contributed by atoms with Gasteiger partial charge < -0.3 is 25.4 Å². The second kappa shape index (κ2) is 8.12. The van der Waals surface area contributed by atoms with E-state index in [4.69, 9.17) is 4.74 Å². The molecule has 0 bridgehead atoms. The van der Waals surface area contributed by atoms with Crippen molar-refractivity contribution in [2.45, 2.75) is 38.0 Å². The Morgan fingerprint density at radius 3 is 2.88 bits per heavy atom. The average Bonchev–Trinajstić information content (AvgIpc) is 2.63. The predicted octanol–water partition coefficient (Wildman–Crippen LogP) is 0.952. The van der Waals surface area contributed by atoms with Gasteiger partial charge >= 0.3 is 0 Å². The van der Waals surface area contributed by atoms with E-state index in [2.05, 4.69) is 15.5 Å². The molecule has 25 heavy (non-hydrogen) atoms. The molecule has 3 N–H and O–H groups in total. The average molecular weight is 351 g/mol. The highest BCUT2D eigenvalue weighted by Crippen LogP contribution is 2.29. The van der Waals surface area contributed by atoms with Crippen LogP contribution in [0.1, 0.15) is 31.4 Å². The molecule has 0 saturated carbocycles. The van der Waals surface area contributed by atoms with E-state index in [1.54, 1.807) is 6.07 Å². The van der Waals surface area contributed by atoms with Gasteiger partial charge in [0.2, 0.25) is 5.91 Å². The molecule has 2 aliphatic heterocycles. The number of halogens is 1. The van der Waals surface area contributed by atoms with Crippen LogP contribution in [0, 0.1) is 5.82 Å². The van der Waals surface area contributed by atoms with Crippen LogP contribution in [-0.2, 0) is 9.53 Å². The quantitative estimate of drug-likeness (QED) is 0.753. The first kappa shape index (κ1) is 18.1. The van der Waals surface area contributed by atoms with Crippen molar-refractivity contribution in [3.8, 4) is 0 Å². The SMILES string of the molecule is CC(NC(=O)C1COCCN1)c1cc(F)ccc1N1CCC(O)CC1. The second-order valence-electron chi connectivity index (χ2n) is 6.73. The lowest BCUT2D eigenvalue weighted by atomic mass is 10.0. The van der Waals surface area contributed by atoms with E-state index in [-0.39, 0.29) is 29.9 Å². The molecular weight excluding hydrogens is 325 g/mol. The summed E-state index contributed by atoms with van der Waals surface area (Å²) in [5, 5.41) is 15.8. The Hall–Kier alpha value is -1.70. The van der Waals surface area contributed by atoms with Crippen LogP contribution in [0.4, 0.5) is 10.1 Å². The van der Waals surface area contributed by atoms with Crippen molar-refractivity contribution in [1.82, 2.24) is 10.6 Å². The van der Waals surface area contributed by atoms with E-state index >= 15 is 0 Å². The number of ether oxygens (including phenoxy) is 1. The van der Waals surface area contributed by atoms with Crippen molar-refractivity contribution >= 4 is 11.6 Å². The van der Waals surface area contributed by atoms with Crippen molar-refractivity contribution < 1.29 is 19.0 Å². The van der Waals surface area contributed by atoms with Gasteiger partial charge in [-0.05, 0) is 38.0 Å². The Bertz CT molecular complexity index is 599. The number of rotatable bonds is 4. The molecule has 0 aliphatic carbocycles. The first-order chi connectivity index (χ1) is 12.0. The number of piperidine rings is 1. The zero-order chi connectivity index (χ0) is 17.8. The van der Waals surface area contributed by atoms with E-state index in [9.17, 15) is 14.3 Å². The number of nitrogens with one attached hydrogen (secondary N) is 2. The molecule has 2 atom stereocenters. The molecule has 2 heterocycles. The van der Waals surface area contributed by atoms with Crippen LogP contribution in [0.15, 0.2) is 18.2 Å². The van der Waals surface area contributed by atoms with Gasteiger partial charge in [0.25, 0.3) is 0 Å². The Morgan fingerprint density at radius 2 is 2.20 bits per heavy atom. The number of nitrogens with zero attached hydrogens (tertiary/aromatic N) is 1. The lowest BCUT2D eigenvalue weighted by Gasteiger charge is -2.34. The Kier molecular flexibility index (Phi) is 5.88. The summed E-state index contributed by atoms with van der Waals surface area (Å²) in [5.74, 6) is -0.465. The molecule has 1 aromatic carbocycles. The number of carbonyl (C=O) groups is 1. The van der Waals surface area contributed by atoms with Crippen molar-refractivity contribution in [3.05, 3.63) is 29.6 Å². The van der Waals surface area contributed by atoms with Gasteiger partial charge in [0.15, 0.2) is 0 Å². The molecule has 0 spiro atoms. The topological polar surface area (TPSA) is 73.8 Å². The number of hydrogen-bond acceptors (Lipinski definition) is 5. The Balaban J connectivity index is 1.73. The zero-order valence-electron chi connectivity index (χ0n) is 14.5. The van der Waals surface area contributed by atoms with Crippen LogP contribution < -0.4 is 15.5 Å². The molecule has 1 aromatic rings. The smallest absolute Gasteiger partial charge is 0.240 e. The lowest BCUT2D eigenvalue weighted by Crippen LogP contribution is -2.51. The first-order valence-electron chi connectivity index (χ1n) is 8.88. The summed E-state index contributed by atoms with van der Waals surface area (Å²) in [6.45, 7) is 4.90. The molecule has 0 radical (unpaired) electrons. The number of amides is 1. The third-order valence-corrected chi connectivity index (χ3v) is 4.86. The maximum Gasteiger partial charge on any atom is 0.240 e. The van der Waals surface area contributed by atoms with Crippen molar-refractivity contribution in [3.63, 3.8) is 0 Å². The van der Waals surface area contributed by atoms with Gasteiger partial charge in [0.05, 0.1) is 25.4 Å². The van der Waals surface area contributed by atoms with Gasteiger partial charge in [0, 0.05) is 30.9 Å². The zero-order valence-corrected chi connectivity index (χ0v) is 14.5. The Labute approximate surface area is 147 Å². The van der Waals surface area contributed by atoms with Crippen molar-refractivity contribution in [1.29, 1.82) is 0 Å². The first-order valence-corrected chi connectivity index (χ1v) is 8.88. The van der Waals surface area contributed by atoms with Gasteiger partial charge in [0.1, 0.15) is 11.9 Å². The minimum absolute atomic E-state index is 0.142. The summed E-state index contributed by atoms with van der Waals surface area (Å²) in [5.41, 5.74) is 1.66. The normalized spacial score (nSPS) is 23.3. The highest BCUT2D eigenvalue weighted by Gasteiger charge is 2.25. The van der Waals surface area contributed by atoms with Crippen LogP contribution in [0.5, 0.6) is 0 Å². The molecule has 2 fully saturated rings. The maximum atomic E-state index is 13.8. The number of hydrogen-bond donors (Lipinski definition) is 3. The number of morpholine rings is 1. The highest BCUT2D eigenvalue weighted by atomic mass is 19.1. The highest BCUT2D eigenvalue weighted by molar-refractivity contribution is 5.82. The standard InChI is InChI=1S/C18H26FN3O3/c1-12(21-18(24)16-11-25-9-6-20-16)15-10-13(19)2-3-17(15)22-7-4-14(23)5-8-22/h2-3,10,12,14,16,20,23H,4-9,11H2,1H3,(H,21,24). The third kappa shape index (κ3) is 4.48. The molecule has 3 rings (SSSR count). The lowest BCUT2D eigenvalue weighted by molar-refractivity contribution is -0.126. The fourth-order valence-electron chi connectivity index (χ4n) is 3.39. The molecule has 2 unspecified atom stereocenters. The van der Waals surface area contributed by atoms with Crippen LogP contribution in [0.3, 0.4) is 0 Å². The van der Waals surface area contributed by atoms with Crippen LogP contribution in [0.25, 0.3) is 0 Å². The number of carbonyl (C=O) groups excluding carboxylic acids is 1. The van der Waals surface area contributed by atoms with Gasteiger partial charge in [-0.15, -0.1) is 0 Å². The largest absolute Gasteiger partial charge is 0.393 e. The molecule has 1 amide bonds. The van der Waals surface area contributed by atoms with Crippen LogP contribution in [0.2, 0.25) is 0 Å². The predicted molar refractivity (Wildman–Crippen MR) is 93.0 cm³/mol. The number of aliphatic hydroxyl groups excluding tert-OH is 1. The monoisotopic (exact) mass is 351 g/mol. The van der Waals surface area contributed by atoms with Crippen LogP contribution >= 0.6 is 0 Å². The van der Waals surface area contributed by atoms with Crippen LogP contribution in [-0.4, -0.2) is 56.0 Å². The molecule has 6 nitrogen and oxygen atoms in total. The fourth-order valence-corrected chi connectivity index (χ4v) is 3.39. The minimum Gasteiger partial charge on any atom is -0.393 e. The molecule has 138 valence electrons. The maximum absolute atomic E-state index is 13.8. The van der Waals surface area contributed by atoms with E-state index in [0.29, 0.717) is 32.6 Å². The summed E-state index contributed by atoms with van der Waals surface area (Å²) >= 11 is 0. The summed E-state index contributed by atoms with van der Waals surface area (Å²) in [7, 11) is 0. The van der Waals surface area contributed by atoms with E-state index < -0.39 is 0 Å². The molecule has 2 aliphatic rings. The summed E-state index contributed by atoms with van der Waals surface area (Å²) in [6.07, 6.45) is 1.12. The van der Waals surface area contributed by atoms with E-state index in [1.165, 1.54) is 12.1 Å². The summed E-state index contributed by atoms with van der Waals surface area (Å²) in [6, 6.07) is 3.98. The van der Waals surface area contributed by atoms with Gasteiger partial charge in [-0.25, -0.2) is 4.39 Å². The van der Waals surface area contributed by atoms with Crippen molar-refractivity contribution in [2.24, 2.45) is 0 Å². The summed E-state index contributed by atoms with van der Waals surface area (Å²) < 4.78 is 19.1. The second-order valence-corrected chi connectivity index (χ2v) is 6.73. The minimum atomic E-state index is -0.377. The van der Waals surface area contributed by atoms with E-state index in [1.807, 2.05) is 6.92 Å². The molecular formula is C18H26FN3O3. The third-order valence-electron chi connectivity index (χ3n) is 4.86. The summed E-state index contributed by atoms with van der Waals surface area (Å²) in [4.78, 5) is 14.5. The van der Waals surface area contributed by atoms with E-state index in [0.717, 1.165) is 24.3 Å². The number of aliphatic hydroxyl groups is 1. The fraction of sp³-hybridized carbons (Fsp3) is 0.611. The van der Waals surface area contributed by atoms with Gasteiger partial charge in [-0.2, -0.15) is 0 Å². The number of anilines is 1. The molecule has 7 heteroatoms. The number of benzene rings is 1. The molecule has 0 aromatic heterocycles. The van der Waals surface area contributed by atoms with Crippen molar-refractivity contribution in [2.75, 3.05) is 37.7 Å².